The SMILES string of the molecule is CO[C@@H]1C(=O)C(C(C)=O)=C(O)[C@@]2(O[C@H]3C[C@@H](O[C@H]4C[C@@H](O)[C@@H](O)[C@@H](C)O4)C(O)(O)[C@@H](C)O3)C(=O)c3c(cc4cc(O)cc(O)c4c3O)C[C@@H]12. The molecule has 2 heterocycles. The lowest BCUT2D eigenvalue weighted by Gasteiger charge is -2.51. The molecule has 0 unspecified atom stereocenters. The van der Waals surface area contributed by atoms with Crippen molar-refractivity contribution in [2.75, 3.05) is 7.11 Å². The highest BCUT2D eigenvalue weighted by atomic mass is 16.7. The summed E-state index contributed by atoms with van der Waals surface area (Å²) in [4.78, 5) is 41.2. The third-order valence-corrected chi connectivity index (χ3v) is 9.99. The van der Waals surface area contributed by atoms with Gasteiger partial charge in [0.1, 0.15) is 53.0 Å². The molecule has 16 heteroatoms. The molecule has 2 aromatic carbocycles. The van der Waals surface area contributed by atoms with Gasteiger partial charge >= 0.3 is 0 Å². The van der Waals surface area contributed by atoms with Crippen LogP contribution >= 0.6 is 0 Å². The van der Waals surface area contributed by atoms with Crippen LogP contribution in [0.15, 0.2) is 29.5 Å². The fraction of sp³-hybridized carbons (Fsp3) is 0.545. The van der Waals surface area contributed by atoms with E-state index in [0.717, 1.165) is 20.1 Å². The second-order valence-corrected chi connectivity index (χ2v) is 13.0. The maximum absolute atomic E-state index is 14.8. The van der Waals surface area contributed by atoms with E-state index in [1.54, 1.807) is 0 Å². The number of rotatable bonds is 6. The van der Waals surface area contributed by atoms with E-state index in [-0.39, 0.29) is 34.9 Å². The molecule has 0 spiro atoms. The van der Waals surface area contributed by atoms with Gasteiger partial charge in [-0.1, -0.05) is 0 Å². The second-order valence-electron chi connectivity index (χ2n) is 13.0. The Morgan fingerprint density at radius 1 is 0.980 bits per heavy atom. The molecule has 16 nitrogen and oxygen atoms in total. The van der Waals surface area contributed by atoms with E-state index in [0.29, 0.717) is 0 Å². The molecule has 0 saturated carbocycles. The Bertz CT molecular complexity index is 1740. The van der Waals surface area contributed by atoms with Crippen LogP contribution in [0.4, 0.5) is 0 Å². The number of phenolic OH excluding ortho intramolecular Hbond substituents is 3. The van der Waals surface area contributed by atoms with Crippen LogP contribution in [-0.4, -0.2) is 126 Å². The van der Waals surface area contributed by atoms with Gasteiger partial charge in [0.05, 0.1) is 23.2 Å². The summed E-state index contributed by atoms with van der Waals surface area (Å²) in [6.07, 6.45) is -11.9. The zero-order valence-corrected chi connectivity index (χ0v) is 26.9. The van der Waals surface area contributed by atoms with Gasteiger partial charge in [-0.15, -0.1) is 0 Å². The smallest absolute Gasteiger partial charge is 0.217 e. The molecule has 2 saturated heterocycles. The third kappa shape index (κ3) is 5.38. The fourth-order valence-corrected chi connectivity index (χ4v) is 7.46. The minimum absolute atomic E-state index is 0.145. The van der Waals surface area contributed by atoms with Crippen molar-refractivity contribution in [3.8, 4) is 17.2 Å². The van der Waals surface area contributed by atoms with Gasteiger partial charge in [-0.25, -0.2) is 0 Å². The molecule has 49 heavy (non-hydrogen) atoms. The van der Waals surface area contributed by atoms with Gasteiger partial charge < -0.3 is 64.5 Å². The molecule has 2 aromatic rings. The van der Waals surface area contributed by atoms with Crippen LogP contribution in [0.25, 0.3) is 10.8 Å². The number of ketones is 3. The highest BCUT2D eigenvalue weighted by Gasteiger charge is 2.65. The lowest BCUT2D eigenvalue weighted by molar-refractivity contribution is -0.388. The largest absolute Gasteiger partial charge is 0.508 e. The molecule has 6 rings (SSSR count). The second kappa shape index (κ2) is 12.3. The van der Waals surface area contributed by atoms with Crippen LogP contribution < -0.4 is 0 Å². The Kier molecular flexibility index (Phi) is 8.79. The first-order valence-corrected chi connectivity index (χ1v) is 15.7. The quantitative estimate of drug-likeness (QED) is 0.148. The molecule has 0 radical (unpaired) electrons. The van der Waals surface area contributed by atoms with Crippen molar-refractivity contribution in [1.82, 2.24) is 0 Å². The zero-order valence-electron chi connectivity index (χ0n) is 26.9. The van der Waals surface area contributed by atoms with E-state index in [9.17, 15) is 55.2 Å². The summed E-state index contributed by atoms with van der Waals surface area (Å²) in [5.74, 6) is -9.76. The lowest BCUT2D eigenvalue weighted by atomic mass is 9.62. The van der Waals surface area contributed by atoms with Gasteiger partial charge in [-0.05, 0) is 50.3 Å². The van der Waals surface area contributed by atoms with Gasteiger partial charge in [-0.3, -0.25) is 14.4 Å². The maximum Gasteiger partial charge on any atom is 0.217 e. The number of hydrogen-bond acceptors (Lipinski definition) is 16. The molecule has 2 aliphatic carbocycles. The minimum atomic E-state index is -2.69. The zero-order chi connectivity index (χ0) is 35.9. The van der Waals surface area contributed by atoms with Crippen molar-refractivity contribution in [3.05, 3.63) is 40.7 Å². The van der Waals surface area contributed by atoms with E-state index >= 15 is 0 Å². The molecule has 10 atom stereocenters. The first kappa shape index (κ1) is 35.1. The van der Waals surface area contributed by atoms with Crippen molar-refractivity contribution >= 4 is 28.1 Å². The van der Waals surface area contributed by atoms with Crippen LogP contribution in [0.5, 0.6) is 17.2 Å². The number of carbonyl (C=O) groups excluding carboxylic acids is 3. The normalized spacial score (nSPS) is 36.0. The number of aromatic hydroxyl groups is 3. The number of hydrogen-bond donors (Lipinski definition) is 8. The topological polar surface area (TPSA) is 259 Å². The maximum atomic E-state index is 14.8. The summed E-state index contributed by atoms with van der Waals surface area (Å²) >= 11 is 0. The van der Waals surface area contributed by atoms with Gasteiger partial charge in [-0.2, -0.15) is 0 Å². The molecule has 0 aromatic heterocycles. The number of phenols is 3. The Morgan fingerprint density at radius 2 is 1.67 bits per heavy atom. The monoisotopic (exact) mass is 690 g/mol. The van der Waals surface area contributed by atoms with Crippen LogP contribution in [0.2, 0.25) is 0 Å². The number of carbonyl (C=O) groups is 3. The van der Waals surface area contributed by atoms with Crippen molar-refractivity contribution in [3.63, 3.8) is 0 Å². The standard InChI is InChI=1S/C33H38O16/c1-11(34)23-28(40)29(45-4)17-7-15-5-14-6-16(35)8-18(36)24(14)27(39)25(15)31(42)32(17,30(23)41)49-22-10-20(33(43,44)13(3)47-22)48-21-9-19(37)26(38)12(2)46-21/h5-6,8,12-13,17,19-22,26,29,35-39,41,43-44H,7,9-10H2,1-4H3/t12-,13-,17+,19-,20-,21+,22+,26+,29+,32-/m1/s1. The van der Waals surface area contributed by atoms with Gasteiger partial charge in [0.15, 0.2) is 29.7 Å². The summed E-state index contributed by atoms with van der Waals surface area (Å²) in [7, 11) is 1.16. The van der Waals surface area contributed by atoms with E-state index in [1.807, 2.05) is 0 Å². The van der Waals surface area contributed by atoms with Crippen LogP contribution in [0.1, 0.15) is 49.5 Å². The molecular weight excluding hydrogens is 652 g/mol. The van der Waals surface area contributed by atoms with Crippen molar-refractivity contribution in [2.45, 2.75) is 101 Å². The summed E-state index contributed by atoms with van der Waals surface area (Å²) in [6.45, 7) is 3.74. The highest BCUT2D eigenvalue weighted by Crippen LogP contribution is 2.52. The Morgan fingerprint density at radius 3 is 2.31 bits per heavy atom. The fourth-order valence-electron chi connectivity index (χ4n) is 7.46. The summed E-state index contributed by atoms with van der Waals surface area (Å²) in [5.41, 5.74) is -3.71. The van der Waals surface area contributed by atoms with E-state index in [1.165, 1.54) is 26.0 Å². The molecule has 0 amide bonds. The third-order valence-electron chi connectivity index (χ3n) is 9.99. The van der Waals surface area contributed by atoms with Crippen LogP contribution in [0, 0.1) is 5.92 Å². The van der Waals surface area contributed by atoms with Crippen LogP contribution in [-0.2, 0) is 39.7 Å². The molecule has 4 aliphatic rings. The number of fused-ring (bicyclic) bond motifs is 3. The molecule has 2 fully saturated rings. The molecule has 266 valence electrons. The van der Waals surface area contributed by atoms with E-state index in [4.69, 9.17) is 23.7 Å². The Hall–Kier alpha value is -3.71. The molecule has 2 aliphatic heterocycles. The number of benzene rings is 2. The number of methoxy groups -OCH3 is 1. The lowest BCUT2D eigenvalue weighted by Crippen LogP contribution is -2.66. The summed E-state index contributed by atoms with van der Waals surface area (Å²) in [5, 5.41) is 86.1. The van der Waals surface area contributed by atoms with Crippen molar-refractivity contribution in [1.29, 1.82) is 0 Å². The van der Waals surface area contributed by atoms with E-state index in [2.05, 4.69) is 0 Å². The first-order valence-electron chi connectivity index (χ1n) is 15.7. The molecule has 8 N–H and O–H groups in total. The first-order chi connectivity index (χ1) is 22.9. The van der Waals surface area contributed by atoms with Gasteiger partial charge in [0, 0.05) is 31.9 Å². The highest BCUT2D eigenvalue weighted by molar-refractivity contribution is 6.25. The average molecular weight is 691 g/mol. The molecular formula is C33H38O16. The Labute approximate surface area is 278 Å². The number of aliphatic hydroxyl groups is 5. The van der Waals surface area contributed by atoms with Crippen LogP contribution in [0.3, 0.4) is 0 Å². The van der Waals surface area contributed by atoms with Crippen molar-refractivity contribution < 1.29 is 78.9 Å². The predicted molar refractivity (Wildman–Crippen MR) is 162 cm³/mol. The van der Waals surface area contributed by atoms with Crippen molar-refractivity contribution in [2.24, 2.45) is 5.92 Å². The number of Topliss-reactive ketones (excluding diaryl/α,β-unsaturated/α-hetero) is 3. The average Bonchev–Trinajstić information content (AvgIpc) is 2.99. The minimum Gasteiger partial charge on any atom is -0.508 e. The van der Waals surface area contributed by atoms with E-state index < -0.39 is 119 Å². The molecule has 0 bridgehead atoms. The summed E-state index contributed by atoms with van der Waals surface area (Å²) < 4.78 is 29.0. The summed E-state index contributed by atoms with van der Waals surface area (Å²) in [6, 6.07) is 3.61. The number of aliphatic hydroxyl groups excluding tert-OH is 3. The Balaban J connectivity index is 1.47. The number of ether oxygens (including phenoxy) is 5. The predicted octanol–water partition coefficient (Wildman–Crippen LogP) is 0.124. The van der Waals surface area contributed by atoms with Gasteiger partial charge in [0.2, 0.25) is 11.6 Å². The van der Waals surface area contributed by atoms with Gasteiger partial charge in [0.25, 0.3) is 0 Å².